The number of carbonyl (C=O) groups excluding carboxylic acids is 1. The average molecular weight is 481 g/mol. The standard InChI is InChI=1S/C25H22F3N5O2/c1-31(24(34)18-4-8-20(9-5-18)32-10-12-35-13-11-32)23-16-33-21(14-29-22(33)15-30-23)17-2-6-19(7-3-17)25(26,27)28/h2-9,14-16H,10-13H2,1H3. The molecule has 5 rings (SSSR count). The molecule has 0 bridgehead atoms. The topological polar surface area (TPSA) is 63.0 Å². The highest BCUT2D eigenvalue weighted by atomic mass is 19.4. The van der Waals surface area contributed by atoms with E-state index in [9.17, 15) is 18.0 Å². The molecule has 180 valence electrons. The molecule has 0 atom stereocenters. The van der Waals surface area contributed by atoms with Crippen molar-refractivity contribution in [3.63, 3.8) is 0 Å². The number of imidazole rings is 1. The molecule has 0 radical (unpaired) electrons. The molecule has 1 aliphatic rings. The summed E-state index contributed by atoms with van der Waals surface area (Å²) in [5.74, 6) is 0.146. The van der Waals surface area contributed by atoms with Gasteiger partial charge in [-0.05, 0) is 36.4 Å². The summed E-state index contributed by atoms with van der Waals surface area (Å²) in [6.07, 6.45) is 0.331. The maximum Gasteiger partial charge on any atom is 0.416 e. The van der Waals surface area contributed by atoms with Crippen molar-refractivity contribution in [3.8, 4) is 11.3 Å². The predicted molar refractivity (Wildman–Crippen MR) is 126 cm³/mol. The van der Waals surface area contributed by atoms with Gasteiger partial charge in [-0.3, -0.25) is 14.1 Å². The van der Waals surface area contributed by atoms with E-state index in [-0.39, 0.29) is 5.91 Å². The average Bonchev–Trinajstić information content (AvgIpc) is 3.31. The summed E-state index contributed by atoms with van der Waals surface area (Å²) in [5, 5.41) is 0. The minimum Gasteiger partial charge on any atom is -0.378 e. The molecule has 0 aliphatic carbocycles. The van der Waals surface area contributed by atoms with Gasteiger partial charge in [-0.2, -0.15) is 13.2 Å². The van der Waals surface area contributed by atoms with Gasteiger partial charge in [0.1, 0.15) is 0 Å². The SMILES string of the molecule is CN(C(=O)c1ccc(N2CCOCC2)cc1)c1cn2c(-c3ccc(C(F)(F)F)cc3)cnc2cn1. The van der Waals surface area contributed by atoms with E-state index in [0.29, 0.717) is 41.5 Å². The van der Waals surface area contributed by atoms with E-state index in [4.69, 9.17) is 4.74 Å². The Morgan fingerprint density at radius 1 is 0.971 bits per heavy atom. The first-order chi connectivity index (χ1) is 16.8. The highest BCUT2D eigenvalue weighted by Gasteiger charge is 2.30. The Hall–Kier alpha value is -3.92. The van der Waals surface area contributed by atoms with Crippen LogP contribution in [0.3, 0.4) is 0 Å². The van der Waals surface area contributed by atoms with Gasteiger partial charge in [-0.15, -0.1) is 0 Å². The van der Waals surface area contributed by atoms with Crippen molar-refractivity contribution in [1.29, 1.82) is 0 Å². The molecule has 0 N–H and O–H groups in total. The second kappa shape index (κ2) is 9.03. The lowest BCUT2D eigenvalue weighted by atomic mass is 10.1. The summed E-state index contributed by atoms with van der Waals surface area (Å²) in [7, 11) is 1.63. The summed E-state index contributed by atoms with van der Waals surface area (Å²) in [4.78, 5) is 25.4. The number of amides is 1. The van der Waals surface area contributed by atoms with Gasteiger partial charge in [-0.1, -0.05) is 12.1 Å². The summed E-state index contributed by atoms with van der Waals surface area (Å²) >= 11 is 0. The van der Waals surface area contributed by atoms with Gasteiger partial charge in [0, 0.05) is 37.0 Å². The van der Waals surface area contributed by atoms with Gasteiger partial charge < -0.3 is 9.64 Å². The number of alkyl halides is 3. The largest absolute Gasteiger partial charge is 0.416 e. The van der Waals surface area contributed by atoms with Crippen molar-refractivity contribution in [1.82, 2.24) is 14.4 Å². The highest BCUT2D eigenvalue weighted by Crippen LogP contribution is 2.31. The number of ether oxygens (including phenoxy) is 1. The number of anilines is 2. The number of rotatable bonds is 4. The Kier molecular flexibility index (Phi) is 5.89. The molecule has 0 unspecified atom stereocenters. The second-order valence-corrected chi connectivity index (χ2v) is 8.20. The fraction of sp³-hybridized carbons (Fsp3) is 0.240. The Morgan fingerprint density at radius 3 is 2.31 bits per heavy atom. The minimum atomic E-state index is -4.40. The second-order valence-electron chi connectivity index (χ2n) is 8.20. The molecule has 1 amide bonds. The van der Waals surface area contributed by atoms with Crippen LogP contribution in [0.5, 0.6) is 0 Å². The van der Waals surface area contributed by atoms with Gasteiger partial charge in [0.25, 0.3) is 5.91 Å². The Bertz CT molecular complexity index is 1340. The first-order valence-corrected chi connectivity index (χ1v) is 11.0. The smallest absolute Gasteiger partial charge is 0.378 e. The molecule has 2 aromatic carbocycles. The minimum absolute atomic E-state index is 0.235. The number of nitrogens with zero attached hydrogens (tertiary/aromatic N) is 5. The van der Waals surface area contributed by atoms with Crippen LogP contribution in [0, 0.1) is 0 Å². The zero-order valence-electron chi connectivity index (χ0n) is 18.9. The molecular formula is C25H22F3N5O2. The van der Waals surface area contributed by atoms with Crippen LogP contribution in [0.2, 0.25) is 0 Å². The van der Waals surface area contributed by atoms with E-state index < -0.39 is 11.7 Å². The lowest BCUT2D eigenvalue weighted by Crippen LogP contribution is -2.36. The van der Waals surface area contributed by atoms with E-state index in [2.05, 4.69) is 14.9 Å². The Labute approximate surface area is 199 Å². The van der Waals surface area contributed by atoms with Gasteiger partial charge in [0.2, 0.25) is 0 Å². The van der Waals surface area contributed by atoms with Crippen LogP contribution in [0.4, 0.5) is 24.7 Å². The van der Waals surface area contributed by atoms with Crippen molar-refractivity contribution < 1.29 is 22.7 Å². The van der Waals surface area contributed by atoms with Crippen LogP contribution in [0.1, 0.15) is 15.9 Å². The molecule has 0 spiro atoms. The number of benzene rings is 2. The summed E-state index contributed by atoms with van der Waals surface area (Å²) in [5.41, 5.74) is 2.50. The molecule has 1 fully saturated rings. The quantitative estimate of drug-likeness (QED) is 0.429. The third kappa shape index (κ3) is 4.57. The van der Waals surface area contributed by atoms with Crippen LogP contribution in [-0.2, 0) is 10.9 Å². The van der Waals surface area contributed by atoms with Crippen LogP contribution in [-0.4, -0.2) is 53.6 Å². The first kappa shape index (κ1) is 22.9. The summed E-state index contributed by atoms with van der Waals surface area (Å²) < 4.78 is 45.8. The van der Waals surface area contributed by atoms with Crippen molar-refractivity contribution in [3.05, 3.63) is 78.2 Å². The van der Waals surface area contributed by atoms with Crippen LogP contribution in [0.25, 0.3) is 16.9 Å². The normalized spacial score (nSPS) is 14.3. The van der Waals surface area contributed by atoms with E-state index in [1.807, 2.05) is 12.1 Å². The molecule has 35 heavy (non-hydrogen) atoms. The van der Waals surface area contributed by atoms with Gasteiger partial charge in [0.15, 0.2) is 11.5 Å². The van der Waals surface area contributed by atoms with Crippen molar-refractivity contribution in [2.45, 2.75) is 6.18 Å². The zero-order valence-corrected chi connectivity index (χ0v) is 18.9. The van der Waals surface area contributed by atoms with E-state index >= 15 is 0 Å². The number of fused-ring (bicyclic) bond motifs is 1. The first-order valence-electron chi connectivity index (χ1n) is 11.0. The molecule has 1 saturated heterocycles. The fourth-order valence-electron chi connectivity index (χ4n) is 4.03. The maximum absolute atomic E-state index is 13.1. The molecule has 4 aromatic rings. The predicted octanol–water partition coefficient (Wildman–Crippen LogP) is 4.53. The molecule has 7 nitrogen and oxygen atoms in total. The molecule has 3 heterocycles. The van der Waals surface area contributed by atoms with E-state index in [1.54, 1.807) is 36.0 Å². The molecular weight excluding hydrogens is 459 g/mol. The number of carbonyl (C=O) groups is 1. The lowest BCUT2D eigenvalue weighted by Gasteiger charge is -2.29. The molecule has 0 saturated carbocycles. The van der Waals surface area contributed by atoms with Crippen molar-refractivity contribution >= 4 is 23.1 Å². The third-order valence-corrected chi connectivity index (χ3v) is 6.03. The molecule has 2 aromatic heterocycles. The van der Waals surface area contributed by atoms with Crippen LogP contribution in [0.15, 0.2) is 67.1 Å². The Morgan fingerprint density at radius 2 is 1.66 bits per heavy atom. The summed E-state index contributed by atoms with van der Waals surface area (Å²) in [6, 6.07) is 12.3. The zero-order chi connectivity index (χ0) is 24.6. The third-order valence-electron chi connectivity index (χ3n) is 6.03. The number of hydrogen-bond acceptors (Lipinski definition) is 5. The van der Waals surface area contributed by atoms with Crippen LogP contribution < -0.4 is 9.80 Å². The van der Waals surface area contributed by atoms with Crippen LogP contribution >= 0.6 is 0 Å². The van der Waals surface area contributed by atoms with Crippen molar-refractivity contribution in [2.75, 3.05) is 43.2 Å². The summed E-state index contributed by atoms with van der Waals surface area (Å²) in [6.45, 7) is 2.98. The fourth-order valence-corrected chi connectivity index (χ4v) is 4.03. The molecule has 1 aliphatic heterocycles. The Balaban J connectivity index is 1.39. The maximum atomic E-state index is 13.1. The number of halogens is 3. The number of morpholine rings is 1. The highest BCUT2D eigenvalue weighted by molar-refractivity contribution is 6.05. The van der Waals surface area contributed by atoms with E-state index in [1.165, 1.54) is 23.2 Å². The van der Waals surface area contributed by atoms with Gasteiger partial charge in [-0.25, -0.2) is 9.97 Å². The van der Waals surface area contributed by atoms with Crippen molar-refractivity contribution in [2.24, 2.45) is 0 Å². The van der Waals surface area contributed by atoms with Gasteiger partial charge >= 0.3 is 6.18 Å². The molecule has 10 heteroatoms. The van der Waals surface area contributed by atoms with E-state index in [0.717, 1.165) is 30.9 Å². The lowest BCUT2D eigenvalue weighted by molar-refractivity contribution is -0.137. The monoisotopic (exact) mass is 481 g/mol. The number of hydrogen-bond donors (Lipinski definition) is 0. The van der Waals surface area contributed by atoms with Gasteiger partial charge in [0.05, 0.1) is 43.1 Å². The number of aromatic nitrogens is 3.